The van der Waals surface area contributed by atoms with Gasteiger partial charge in [-0.1, -0.05) is 79.5 Å². The van der Waals surface area contributed by atoms with Gasteiger partial charge in [0.2, 0.25) is 21.8 Å². The number of aryl methyl sites for hydroxylation is 1. The van der Waals surface area contributed by atoms with Gasteiger partial charge < -0.3 is 10.2 Å². The molecule has 0 fully saturated rings. The van der Waals surface area contributed by atoms with Crippen molar-refractivity contribution in [3.63, 3.8) is 0 Å². The van der Waals surface area contributed by atoms with Crippen molar-refractivity contribution in [3.8, 4) is 0 Å². The topological polar surface area (TPSA) is 86.8 Å². The number of benzene rings is 3. The number of hydrogen-bond acceptors (Lipinski definition) is 4. The van der Waals surface area contributed by atoms with Crippen LogP contribution in [0.5, 0.6) is 0 Å². The average Bonchev–Trinajstić information content (AvgIpc) is 2.92. The lowest BCUT2D eigenvalue weighted by Crippen LogP contribution is -2.53. The summed E-state index contributed by atoms with van der Waals surface area (Å²) in [4.78, 5) is 29.2. The van der Waals surface area contributed by atoms with Gasteiger partial charge in [0.1, 0.15) is 12.6 Å². The van der Waals surface area contributed by atoms with Crippen LogP contribution in [0.4, 0.5) is 5.69 Å². The molecule has 2 amide bonds. The number of hydrogen-bond donors (Lipinski definition) is 1. The Morgan fingerprint density at radius 3 is 2.23 bits per heavy atom. The minimum atomic E-state index is -3.82. The van der Waals surface area contributed by atoms with E-state index in [2.05, 4.69) is 5.32 Å². The first-order valence-corrected chi connectivity index (χ1v) is 15.6. The summed E-state index contributed by atoms with van der Waals surface area (Å²) in [5.41, 5.74) is 3.78. The van der Waals surface area contributed by atoms with E-state index in [0.29, 0.717) is 17.3 Å². The molecule has 214 valence electrons. The molecule has 1 unspecified atom stereocenters. The average molecular weight is 584 g/mol. The van der Waals surface area contributed by atoms with Crippen molar-refractivity contribution in [3.05, 3.63) is 100 Å². The Hall–Kier alpha value is -3.36. The van der Waals surface area contributed by atoms with Crippen molar-refractivity contribution in [1.82, 2.24) is 10.2 Å². The van der Waals surface area contributed by atoms with Crippen LogP contribution in [0, 0.1) is 13.8 Å². The number of nitrogens with zero attached hydrogens (tertiary/aromatic N) is 2. The minimum absolute atomic E-state index is 0.110. The number of rotatable bonds is 13. The van der Waals surface area contributed by atoms with Crippen molar-refractivity contribution >= 4 is 39.1 Å². The molecule has 0 aliphatic heterocycles. The number of amides is 2. The maximum absolute atomic E-state index is 14.1. The SMILES string of the molecule is CCCCNC(=O)C(Cc1ccccc1)N(Cc1ccc(Cl)cc1)C(=O)CN(c1cccc(C)c1C)S(C)(=O)=O. The third-order valence-corrected chi connectivity index (χ3v) is 8.27. The molecule has 0 aliphatic carbocycles. The molecule has 1 atom stereocenters. The van der Waals surface area contributed by atoms with Crippen LogP contribution >= 0.6 is 11.6 Å². The van der Waals surface area contributed by atoms with E-state index in [1.54, 1.807) is 36.4 Å². The van der Waals surface area contributed by atoms with Gasteiger partial charge in [0, 0.05) is 24.5 Å². The summed E-state index contributed by atoms with van der Waals surface area (Å²) in [6.07, 6.45) is 3.09. The van der Waals surface area contributed by atoms with Crippen LogP contribution in [0.1, 0.15) is 42.0 Å². The Balaban J connectivity index is 2.05. The van der Waals surface area contributed by atoms with E-state index in [4.69, 9.17) is 11.6 Å². The second-order valence-corrected chi connectivity index (χ2v) is 12.3. The molecule has 0 aliphatic rings. The van der Waals surface area contributed by atoms with Crippen LogP contribution in [-0.4, -0.2) is 50.5 Å². The smallest absolute Gasteiger partial charge is 0.244 e. The number of carbonyl (C=O) groups is 2. The molecule has 0 bridgehead atoms. The molecular weight excluding hydrogens is 546 g/mol. The molecule has 9 heteroatoms. The highest BCUT2D eigenvalue weighted by molar-refractivity contribution is 7.92. The Morgan fingerprint density at radius 1 is 0.925 bits per heavy atom. The van der Waals surface area contributed by atoms with Gasteiger partial charge in [-0.15, -0.1) is 0 Å². The van der Waals surface area contributed by atoms with E-state index in [0.717, 1.165) is 45.7 Å². The van der Waals surface area contributed by atoms with Gasteiger partial charge in [-0.3, -0.25) is 13.9 Å². The van der Waals surface area contributed by atoms with Gasteiger partial charge in [0.05, 0.1) is 11.9 Å². The highest BCUT2D eigenvalue weighted by Crippen LogP contribution is 2.26. The van der Waals surface area contributed by atoms with Gasteiger partial charge in [0.25, 0.3) is 0 Å². The molecule has 3 aromatic rings. The zero-order valence-electron chi connectivity index (χ0n) is 23.6. The van der Waals surface area contributed by atoms with Crippen molar-refractivity contribution in [2.24, 2.45) is 0 Å². The first-order chi connectivity index (χ1) is 19.0. The predicted octanol–water partition coefficient (Wildman–Crippen LogP) is 5.28. The lowest BCUT2D eigenvalue weighted by Gasteiger charge is -2.34. The molecule has 40 heavy (non-hydrogen) atoms. The fourth-order valence-corrected chi connectivity index (χ4v) is 5.47. The molecule has 0 spiro atoms. The molecule has 0 saturated heterocycles. The zero-order valence-corrected chi connectivity index (χ0v) is 25.1. The summed E-state index contributed by atoms with van der Waals surface area (Å²) in [6.45, 7) is 5.92. The molecular formula is C31H38ClN3O4S. The van der Waals surface area contributed by atoms with Gasteiger partial charge in [-0.05, 0) is 60.7 Å². The number of sulfonamides is 1. The van der Waals surface area contributed by atoms with E-state index in [-0.39, 0.29) is 18.9 Å². The summed E-state index contributed by atoms with van der Waals surface area (Å²) in [7, 11) is -3.82. The lowest BCUT2D eigenvalue weighted by molar-refractivity contribution is -0.140. The molecule has 0 heterocycles. The van der Waals surface area contributed by atoms with E-state index < -0.39 is 28.5 Å². The minimum Gasteiger partial charge on any atom is -0.354 e. The summed E-state index contributed by atoms with van der Waals surface area (Å²) < 4.78 is 27.1. The van der Waals surface area contributed by atoms with Crippen molar-refractivity contribution < 1.29 is 18.0 Å². The summed E-state index contributed by atoms with van der Waals surface area (Å²) >= 11 is 6.10. The highest BCUT2D eigenvalue weighted by Gasteiger charge is 2.33. The van der Waals surface area contributed by atoms with Crippen molar-refractivity contribution in [2.45, 2.75) is 52.6 Å². The molecule has 0 radical (unpaired) electrons. The second-order valence-electron chi connectivity index (χ2n) is 9.99. The quantitative estimate of drug-likeness (QED) is 0.277. The maximum atomic E-state index is 14.1. The largest absolute Gasteiger partial charge is 0.354 e. The summed E-state index contributed by atoms with van der Waals surface area (Å²) in [5.74, 6) is -0.759. The van der Waals surface area contributed by atoms with Crippen LogP contribution in [0.2, 0.25) is 5.02 Å². The van der Waals surface area contributed by atoms with Gasteiger partial charge in [-0.25, -0.2) is 8.42 Å². The van der Waals surface area contributed by atoms with E-state index in [9.17, 15) is 18.0 Å². The molecule has 1 N–H and O–H groups in total. The standard InChI is InChI=1S/C31H38ClN3O4S/c1-5-6-19-33-31(37)29(20-25-12-8-7-9-13-25)34(21-26-15-17-27(32)18-16-26)30(36)22-35(40(4,38)39)28-14-10-11-23(2)24(28)3/h7-18,29H,5-6,19-22H2,1-4H3,(H,33,37). The normalized spacial score (nSPS) is 12.0. The molecule has 0 aromatic heterocycles. The highest BCUT2D eigenvalue weighted by atomic mass is 35.5. The van der Waals surface area contributed by atoms with Crippen molar-refractivity contribution in [1.29, 1.82) is 0 Å². The molecule has 3 rings (SSSR count). The van der Waals surface area contributed by atoms with Gasteiger partial charge in [-0.2, -0.15) is 0 Å². The number of halogens is 1. The Labute approximate surface area is 243 Å². The van der Waals surface area contributed by atoms with Crippen LogP contribution in [0.25, 0.3) is 0 Å². The van der Waals surface area contributed by atoms with Crippen LogP contribution in [-0.2, 0) is 32.6 Å². The number of nitrogens with one attached hydrogen (secondary N) is 1. The first-order valence-electron chi connectivity index (χ1n) is 13.4. The monoisotopic (exact) mass is 583 g/mol. The lowest BCUT2D eigenvalue weighted by atomic mass is 10.0. The zero-order chi connectivity index (χ0) is 29.3. The molecule has 3 aromatic carbocycles. The molecule has 7 nitrogen and oxygen atoms in total. The maximum Gasteiger partial charge on any atom is 0.244 e. The summed E-state index contributed by atoms with van der Waals surface area (Å²) in [6, 6.07) is 21.1. The van der Waals surface area contributed by atoms with Gasteiger partial charge >= 0.3 is 0 Å². The Kier molecular flexibility index (Phi) is 11.2. The third-order valence-electron chi connectivity index (χ3n) is 6.89. The third kappa shape index (κ3) is 8.57. The fraction of sp³-hybridized carbons (Fsp3) is 0.355. The first kappa shape index (κ1) is 31.2. The van der Waals surface area contributed by atoms with E-state index >= 15 is 0 Å². The van der Waals surface area contributed by atoms with Crippen LogP contribution < -0.4 is 9.62 Å². The number of carbonyl (C=O) groups excluding carboxylic acids is 2. The van der Waals surface area contributed by atoms with E-state index in [1.165, 1.54) is 4.90 Å². The van der Waals surface area contributed by atoms with E-state index in [1.807, 2.05) is 57.2 Å². The van der Waals surface area contributed by atoms with Crippen LogP contribution in [0.15, 0.2) is 72.8 Å². The second kappa shape index (κ2) is 14.3. The van der Waals surface area contributed by atoms with Crippen LogP contribution in [0.3, 0.4) is 0 Å². The molecule has 0 saturated carbocycles. The predicted molar refractivity (Wildman–Crippen MR) is 162 cm³/mol. The number of anilines is 1. The Morgan fingerprint density at radius 2 is 1.60 bits per heavy atom. The number of unbranched alkanes of at least 4 members (excludes halogenated alkanes) is 1. The fourth-order valence-electron chi connectivity index (χ4n) is 4.45. The van der Waals surface area contributed by atoms with Crippen molar-refractivity contribution in [2.75, 3.05) is 23.7 Å². The Bertz CT molecular complexity index is 1400. The van der Waals surface area contributed by atoms with Gasteiger partial charge in [0.15, 0.2) is 0 Å². The summed E-state index contributed by atoms with van der Waals surface area (Å²) in [5, 5.41) is 3.53.